The van der Waals surface area contributed by atoms with Crippen molar-refractivity contribution < 1.29 is 19.6 Å². The summed E-state index contributed by atoms with van der Waals surface area (Å²) in [5.41, 5.74) is 0.0394. The van der Waals surface area contributed by atoms with E-state index in [-0.39, 0.29) is 11.1 Å². The first-order valence-electron chi connectivity index (χ1n) is 4.53. The summed E-state index contributed by atoms with van der Waals surface area (Å²) >= 11 is 0. The first-order chi connectivity index (χ1) is 7.54. The highest BCUT2D eigenvalue weighted by atomic mass is 16.6. The Morgan fingerprint density at radius 2 is 1.62 bits per heavy atom. The van der Waals surface area contributed by atoms with Crippen molar-refractivity contribution in [3.8, 4) is 0 Å². The number of fused-ring (bicyclic) bond motifs is 1. The van der Waals surface area contributed by atoms with Crippen LogP contribution in [0.3, 0.4) is 0 Å². The molecule has 0 aromatic heterocycles. The second-order valence-corrected chi connectivity index (χ2v) is 3.45. The summed E-state index contributed by atoms with van der Waals surface area (Å²) < 4.78 is 0. The normalized spacial score (nSPS) is 24.1. The molecule has 0 saturated heterocycles. The number of hydrogen-bond acceptors (Lipinski definition) is 5. The fourth-order valence-electron chi connectivity index (χ4n) is 1.73. The van der Waals surface area contributed by atoms with Gasteiger partial charge in [0.05, 0.1) is 0 Å². The Kier molecular flexibility index (Phi) is 2.28. The van der Waals surface area contributed by atoms with Gasteiger partial charge in [-0.25, -0.2) is 0 Å². The molecule has 6 heteroatoms. The SMILES string of the molecule is O=C1c2ccccc2C(=O)C([N+](=O)[O-])C1O. The molecule has 1 aromatic carbocycles. The van der Waals surface area contributed by atoms with Gasteiger partial charge in [-0.2, -0.15) is 0 Å². The summed E-state index contributed by atoms with van der Waals surface area (Å²) in [6, 6.07) is 3.87. The van der Waals surface area contributed by atoms with Crippen LogP contribution in [0.15, 0.2) is 24.3 Å². The zero-order valence-corrected chi connectivity index (χ0v) is 7.99. The molecule has 1 N–H and O–H groups in total. The molecule has 82 valence electrons. The van der Waals surface area contributed by atoms with E-state index in [1.807, 2.05) is 0 Å². The molecule has 0 heterocycles. The molecule has 0 spiro atoms. The van der Waals surface area contributed by atoms with E-state index in [9.17, 15) is 24.8 Å². The number of aliphatic hydroxyl groups is 1. The van der Waals surface area contributed by atoms with Crippen LogP contribution in [0.4, 0.5) is 0 Å². The lowest BCUT2D eigenvalue weighted by atomic mass is 9.84. The van der Waals surface area contributed by atoms with E-state index in [1.54, 1.807) is 0 Å². The lowest BCUT2D eigenvalue weighted by Gasteiger charge is -2.21. The van der Waals surface area contributed by atoms with E-state index in [2.05, 4.69) is 0 Å². The molecule has 0 aliphatic heterocycles. The minimum Gasteiger partial charge on any atom is -0.378 e. The summed E-state index contributed by atoms with van der Waals surface area (Å²) in [6.45, 7) is 0. The lowest BCUT2D eigenvalue weighted by molar-refractivity contribution is -0.513. The average molecular weight is 221 g/mol. The summed E-state index contributed by atoms with van der Waals surface area (Å²) in [5.74, 6) is -1.61. The molecular weight excluding hydrogens is 214 g/mol. The van der Waals surface area contributed by atoms with Crippen LogP contribution in [-0.2, 0) is 0 Å². The van der Waals surface area contributed by atoms with Gasteiger partial charge in [-0.3, -0.25) is 19.7 Å². The van der Waals surface area contributed by atoms with Crippen LogP contribution in [0, 0.1) is 10.1 Å². The molecule has 0 bridgehead atoms. The smallest absolute Gasteiger partial charge is 0.307 e. The van der Waals surface area contributed by atoms with Gasteiger partial charge in [0.2, 0.25) is 5.78 Å². The molecule has 1 aromatic rings. The highest BCUT2D eigenvalue weighted by Crippen LogP contribution is 2.23. The highest BCUT2D eigenvalue weighted by molar-refractivity contribution is 6.17. The zero-order chi connectivity index (χ0) is 11.9. The summed E-state index contributed by atoms with van der Waals surface area (Å²) in [4.78, 5) is 32.9. The molecule has 6 nitrogen and oxygen atoms in total. The van der Waals surface area contributed by atoms with E-state index in [0.717, 1.165) is 0 Å². The van der Waals surface area contributed by atoms with Gasteiger partial charge in [0.1, 0.15) is 0 Å². The predicted octanol–water partition coefficient (Wildman–Crippen LogP) is 0.0718. The third-order valence-electron chi connectivity index (χ3n) is 2.52. The first kappa shape index (κ1) is 10.4. The lowest BCUT2D eigenvalue weighted by Crippen LogP contribution is -2.49. The van der Waals surface area contributed by atoms with Crippen LogP contribution >= 0.6 is 0 Å². The van der Waals surface area contributed by atoms with Crippen LogP contribution in [0.2, 0.25) is 0 Å². The number of carbonyl (C=O) groups is 2. The van der Waals surface area contributed by atoms with Crippen molar-refractivity contribution in [3.05, 3.63) is 45.5 Å². The maximum Gasteiger partial charge on any atom is 0.307 e. The molecule has 0 saturated carbocycles. The van der Waals surface area contributed by atoms with E-state index in [1.165, 1.54) is 24.3 Å². The Morgan fingerprint density at radius 1 is 1.12 bits per heavy atom. The van der Waals surface area contributed by atoms with Gasteiger partial charge in [-0.15, -0.1) is 0 Å². The number of Topliss-reactive ketones (excluding diaryl/α,β-unsaturated/α-hetero) is 2. The Labute approximate surface area is 89.7 Å². The fourth-order valence-corrected chi connectivity index (χ4v) is 1.73. The van der Waals surface area contributed by atoms with Crippen molar-refractivity contribution in [1.82, 2.24) is 0 Å². The molecule has 2 atom stereocenters. The summed E-state index contributed by atoms with van der Waals surface area (Å²) in [6.07, 6.45) is -1.89. The molecule has 1 aliphatic carbocycles. The van der Waals surface area contributed by atoms with Gasteiger partial charge < -0.3 is 5.11 Å². The minimum atomic E-state index is -1.89. The molecule has 0 fully saturated rings. The van der Waals surface area contributed by atoms with Crippen molar-refractivity contribution in [2.24, 2.45) is 0 Å². The minimum absolute atomic E-state index is 0.000463. The maximum atomic E-state index is 11.7. The second kappa shape index (κ2) is 3.49. The Bertz CT molecular complexity index is 496. The number of ketones is 2. The molecule has 1 aliphatic rings. The van der Waals surface area contributed by atoms with Gasteiger partial charge >= 0.3 is 6.04 Å². The number of hydrogen-bond donors (Lipinski definition) is 1. The fraction of sp³-hybridized carbons (Fsp3) is 0.200. The molecular formula is C10H7NO5. The van der Waals surface area contributed by atoms with Crippen molar-refractivity contribution >= 4 is 11.6 Å². The third-order valence-corrected chi connectivity index (χ3v) is 2.52. The quantitative estimate of drug-likeness (QED) is 0.534. The van der Waals surface area contributed by atoms with Gasteiger partial charge in [0.25, 0.3) is 0 Å². The van der Waals surface area contributed by atoms with E-state index in [4.69, 9.17) is 0 Å². The van der Waals surface area contributed by atoms with E-state index >= 15 is 0 Å². The largest absolute Gasteiger partial charge is 0.378 e. The number of carbonyl (C=O) groups excluding carboxylic acids is 2. The maximum absolute atomic E-state index is 11.7. The summed E-state index contributed by atoms with van der Waals surface area (Å²) in [7, 11) is 0. The number of aliphatic hydroxyl groups excluding tert-OH is 1. The van der Waals surface area contributed by atoms with Crippen LogP contribution in [0.1, 0.15) is 20.7 Å². The number of benzene rings is 1. The van der Waals surface area contributed by atoms with Crippen molar-refractivity contribution in [2.45, 2.75) is 12.1 Å². The van der Waals surface area contributed by atoms with Gasteiger partial charge in [0, 0.05) is 16.1 Å². The number of rotatable bonds is 1. The Morgan fingerprint density at radius 3 is 2.12 bits per heavy atom. The molecule has 16 heavy (non-hydrogen) atoms. The monoisotopic (exact) mass is 221 g/mol. The molecule has 0 radical (unpaired) electrons. The van der Waals surface area contributed by atoms with Crippen LogP contribution < -0.4 is 0 Å². The standard InChI is InChI=1S/C10H7NO5/c12-8-5-3-1-2-4-6(5)9(13)10(14)7(8)11(15)16/h1-4,7,10,14H. The van der Waals surface area contributed by atoms with E-state index < -0.39 is 28.6 Å². The third kappa shape index (κ3) is 1.31. The zero-order valence-electron chi connectivity index (χ0n) is 7.99. The molecule has 0 amide bonds. The van der Waals surface area contributed by atoms with Gasteiger partial charge in [0.15, 0.2) is 11.9 Å². The number of nitro groups is 1. The average Bonchev–Trinajstić information content (AvgIpc) is 2.26. The van der Waals surface area contributed by atoms with E-state index in [0.29, 0.717) is 0 Å². The molecule has 2 unspecified atom stereocenters. The van der Waals surface area contributed by atoms with Crippen molar-refractivity contribution in [1.29, 1.82) is 0 Å². The van der Waals surface area contributed by atoms with Crippen LogP contribution in [-0.4, -0.2) is 33.7 Å². The number of nitrogens with zero attached hydrogens (tertiary/aromatic N) is 1. The van der Waals surface area contributed by atoms with Crippen LogP contribution in [0.5, 0.6) is 0 Å². The second-order valence-electron chi connectivity index (χ2n) is 3.45. The predicted molar refractivity (Wildman–Crippen MR) is 51.9 cm³/mol. The van der Waals surface area contributed by atoms with Gasteiger partial charge in [-0.1, -0.05) is 24.3 Å². The Hall–Kier alpha value is -2.08. The first-order valence-corrected chi connectivity index (χ1v) is 4.53. The Balaban J connectivity index is 2.61. The molecule has 2 rings (SSSR count). The highest BCUT2D eigenvalue weighted by Gasteiger charge is 2.48. The van der Waals surface area contributed by atoms with Crippen LogP contribution in [0.25, 0.3) is 0 Å². The summed E-state index contributed by atoms with van der Waals surface area (Å²) in [5, 5.41) is 20.0. The van der Waals surface area contributed by atoms with Crippen molar-refractivity contribution in [3.63, 3.8) is 0 Å². The topological polar surface area (TPSA) is 97.5 Å². The van der Waals surface area contributed by atoms with Gasteiger partial charge in [-0.05, 0) is 0 Å². The van der Waals surface area contributed by atoms with Crippen molar-refractivity contribution in [2.75, 3.05) is 0 Å².